The van der Waals surface area contributed by atoms with Crippen molar-refractivity contribution >= 4 is 30.7 Å². The van der Waals surface area contributed by atoms with Crippen molar-refractivity contribution in [3.8, 4) is 0 Å². The molecule has 6 heteroatoms. The number of carbonyl (C=O) groups is 1. The van der Waals surface area contributed by atoms with E-state index in [4.69, 9.17) is 5.73 Å². The quantitative estimate of drug-likeness (QED) is 0.830. The molecule has 1 amide bonds. The molecule has 0 spiro atoms. The molecule has 0 saturated carbocycles. The van der Waals surface area contributed by atoms with Crippen LogP contribution in [0.25, 0.3) is 0 Å². The summed E-state index contributed by atoms with van der Waals surface area (Å²) < 4.78 is 0. The molecule has 0 aromatic heterocycles. The van der Waals surface area contributed by atoms with Gasteiger partial charge in [0.1, 0.15) is 0 Å². The van der Waals surface area contributed by atoms with Crippen molar-refractivity contribution in [3.05, 3.63) is 35.9 Å². The third-order valence-electron chi connectivity index (χ3n) is 3.73. The summed E-state index contributed by atoms with van der Waals surface area (Å²) in [6.45, 7) is 3.61. The summed E-state index contributed by atoms with van der Waals surface area (Å²) in [6, 6.07) is 10.8. The fourth-order valence-corrected chi connectivity index (χ4v) is 2.72. The molecule has 1 aromatic carbocycles. The lowest BCUT2D eigenvalue weighted by Crippen LogP contribution is -2.47. The predicted molar refractivity (Wildman–Crippen MR) is 95.7 cm³/mol. The van der Waals surface area contributed by atoms with E-state index in [1.54, 1.807) is 0 Å². The molecule has 1 atom stereocenters. The number of piperidine rings is 1. The predicted octanol–water partition coefficient (Wildman–Crippen LogP) is 2.35. The molecule has 1 aliphatic rings. The molecule has 1 heterocycles. The summed E-state index contributed by atoms with van der Waals surface area (Å²) in [5, 5.41) is 3.13. The van der Waals surface area contributed by atoms with E-state index in [0.29, 0.717) is 13.0 Å². The van der Waals surface area contributed by atoms with Gasteiger partial charge in [-0.1, -0.05) is 30.3 Å². The summed E-state index contributed by atoms with van der Waals surface area (Å²) in [4.78, 5) is 14.2. The Hall–Kier alpha value is -0.810. The molecule has 0 radical (unpaired) electrons. The molecular weight excluding hydrogens is 321 g/mol. The zero-order valence-corrected chi connectivity index (χ0v) is 14.5. The number of likely N-dealkylation sites (tertiary alicyclic amines) is 1. The molecule has 1 aliphatic heterocycles. The first-order valence-electron chi connectivity index (χ1n) is 7.53. The van der Waals surface area contributed by atoms with Crippen LogP contribution in [-0.2, 0) is 11.3 Å². The third kappa shape index (κ3) is 7.45. The van der Waals surface area contributed by atoms with E-state index < -0.39 is 0 Å². The number of nitrogens with zero attached hydrogens (tertiary/aromatic N) is 1. The van der Waals surface area contributed by atoms with Gasteiger partial charge in [0.05, 0.1) is 0 Å². The standard InChI is InChI=1S/C16H25N3O.2ClH/c17-10-4-9-16(20)18-15-8-5-11-19(13-15)12-14-6-2-1-3-7-14;;/h1-3,6-7,15H,4-5,8-13,17H2,(H,18,20);2*1H. The molecule has 0 aliphatic carbocycles. The van der Waals surface area contributed by atoms with Crippen molar-refractivity contribution in [1.29, 1.82) is 0 Å². The van der Waals surface area contributed by atoms with Crippen LogP contribution >= 0.6 is 24.8 Å². The van der Waals surface area contributed by atoms with E-state index >= 15 is 0 Å². The third-order valence-corrected chi connectivity index (χ3v) is 3.73. The second-order valence-corrected chi connectivity index (χ2v) is 5.52. The number of benzene rings is 1. The number of carbonyl (C=O) groups excluding carboxylic acids is 1. The van der Waals surface area contributed by atoms with Crippen molar-refractivity contribution < 1.29 is 4.79 Å². The maximum atomic E-state index is 11.7. The minimum Gasteiger partial charge on any atom is -0.352 e. The van der Waals surface area contributed by atoms with Gasteiger partial charge in [0.15, 0.2) is 0 Å². The summed E-state index contributed by atoms with van der Waals surface area (Å²) >= 11 is 0. The Morgan fingerprint density at radius 3 is 2.68 bits per heavy atom. The maximum absolute atomic E-state index is 11.7. The Morgan fingerprint density at radius 2 is 2.00 bits per heavy atom. The molecule has 1 aromatic rings. The van der Waals surface area contributed by atoms with Crippen molar-refractivity contribution in [2.45, 2.75) is 38.3 Å². The van der Waals surface area contributed by atoms with Crippen LogP contribution < -0.4 is 11.1 Å². The van der Waals surface area contributed by atoms with Crippen LogP contribution in [0.15, 0.2) is 30.3 Å². The molecule has 1 fully saturated rings. The number of rotatable bonds is 6. The summed E-state index contributed by atoms with van der Waals surface area (Å²) in [7, 11) is 0. The fraction of sp³-hybridized carbons (Fsp3) is 0.562. The van der Waals surface area contributed by atoms with Crippen LogP contribution in [-0.4, -0.2) is 36.5 Å². The minimum atomic E-state index is 0. The Kier molecular flexibility index (Phi) is 11.3. The topological polar surface area (TPSA) is 58.4 Å². The molecule has 1 unspecified atom stereocenters. The largest absolute Gasteiger partial charge is 0.352 e. The lowest BCUT2D eigenvalue weighted by Gasteiger charge is -2.33. The highest BCUT2D eigenvalue weighted by Crippen LogP contribution is 2.13. The van der Waals surface area contributed by atoms with Gasteiger partial charge in [-0.3, -0.25) is 9.69 Å². The van der Waals surface area contributed by atoms with E-state index in [0.717, 1.165) is 38.9 Å². The molecule has 0 bridgehead atoms. The number of halogens is 2. The number of hydrogen-bond acceptors (Lipinski definition) is 3. The smallest absolute Gasteiger partial charge is 0.220 e. The van der Waals surface area contributed by atoms with Gasteiger partial charge in [-0.05, 0) is 37.9 Å². The maximum Gasteiger partial charge on any atom is 0.220 e. The number of hydrogen-bond donors (Lipinski definition) is 2. The van der Waals surface area contributed by atoms with E-state index in [-0.39, 0.29) is 36.8 Å². The average molecular weight is 348 g/mol. The molecule has 1 saturated heterocycles. The average Bonchev–Trinajstić information content (AvgIpc) is 2.46. The zero-order chi connectivity index (χ0) is 14.2. The first-order valence-corrected chi connectivity index (χ1v) is 7.53. The van der Waals surface area contributed by atoms with Crippen LogP contribution in [0.2, 0.25) is 0 Å². The molecular formula is C16H27Cl2N3O. The van der Waals surface area contributed by atoms with Gasteiger partial charge in [0, 0.05) is 25.6 Å². The van der Waals surface area contributed by atoms with Gasteiger partial charge in [-0.15, -0.1) is 24.8 Å². The highest BCUT2D eigenvalue weighted by molar-refractivity contribution is 5.85. The highest BCUT2D eigenvalue weighted by atomic mass is 35.5. The van der Waals surface area contributed by atoms with Crippen LogP contribution in [0, 0.1) is 0 Å². The fourth-order valence-electron chi connectivity index (χ4n) is 2.72. The van der Waals surface area contributed by atoms with Gasteiger partial charge < -0.3 is 11.1 Å². The monoisotopic (exact) mass is 347 g/mol. The number of amides is 1. The SMILES string of the molecule is Cl.Cl.NCCCC(=O)NC1CCCN(Cc2ccccc2)C1. The van der Waals surface area contributed by atoms with Crippen molar-refractivity contribution in [2.75, 3.05) is 19.6 Å². The molecule has 22 heavy (non-hydrogen) atoms. The van der Waals surface area contributed by atoms with E-state index in [2.05, 4.69) is 34.5 Å². The van der Waals surface area contributed by atoms with Crippen molar-refractivity contribution in [3.63, 3.8) is 0 Å². The minimum absolute atomic E-state index is 0. The summed E-state index contributed by atoms with van der Waals surface area (Å²) in [5.74, 6) is 0.141. The molecule has 126 valence electrons. The van der Waals surface area contributed by atoms with E-state index in [9.17, 15) is 4.79 Å². The highest BCUT2D eigenvalue weighted by Gasteiger charge is 2.21. The van der Waals surface area contributed by atoms with Crippen LogP contribution in [0.1, 0.15) is 31.2 Å². The first kappa shape index (κ1) is 21.2. The number of nitrogens with one attached hydrogen (secondary N) is 1. The van der Waals surface area contributed by atoms with Crippen LogP contribution in [0.5, 0.6) is 0 Å². The van der Waals surface area contributed by atoms with Gasteiger partial charge >= 0.3 is 0 Å². The van der Waals surface area contributed by atoms with Gasteiger partial charge in [-0.25, -0.2) is 0 Å². The lowest BCUT2D eigenvalue weighted by molar-refractivity contribution is -0.122. The van der Waals surface area contributed by atoms with Crippen LogP contribution in [0.4, 0.5) is 0 Å². The van der Waals surface area contributed by atoms with Gasteiger partial charge in [0.2, 0.25) is 5.91 Å². The summed E-state index contributed by atoms with van der Waals surface area (Å²) in [6.07, 6.45) is 3.55. The van der Waals surface area contributed by atoms with E-state index in [1.807, 2.05) is 6.07 Å². The Morgan fingerprint density at radius 1 is 1.27 bits per heavy atom. The zero-order valence-electron chi connectivity index (χ0n) is 12.9. The molecule has 2 rings (SSSR count). The normalized spacial score (nSPS) is 18.0. The first-order chi connectivity index (χ1) is 9.78. The van der Waals surface area contributed by atoms with Gasteiger partial charge in [0.25, 0.3) is 0 Å². The van der Waals surface area contributed by atoms with Gasteiger partial charge in [-0.2, -0.15) is 0 Å². The van der Waals surface area contributed by atoms with Crippen LogP contribution in [0.3, 0.4) is 0 Å². The van der Waals surface area contributed by atoms with Crippen molar-refractivity contribution in [1.82, 2.24) is 10.2 Å². The molecule has 4 nitrogen and oxygen atoms in total. The Balaban J connectivity index is 0.00000220. The Labute approximate surface area is 145 Å². The Bertz CT molecular complexity index is 417. The van der Waals surface area contributed by atoms with E-state index in [1.165, 1.54) is 5.56 Å². The summed E-state index contributed by atoms with van der Waals surface area (Å²) in [5.41, 5.74) is 6.77. The second kappa shape index (κ2) is 11.7. The van der Waals surface area contributed by atoms with Crippen molar-refractivity contribution in [2.24, 2.45) is 5.73 Å². The second-order valence-electron chi connectivity index (χ2n) is 5.52. The lowest BCUT2D eigenvalue weighted by atomic mass is 10.0. The number of nitrogens with two attached hydrogens (primary N) is 1. The molecule has 3 N–H and O–H groups in total.